The third-order valence-electron chi connectivity index (χ3n) is 1.83. The van der Waals surface area contributed by atoms with E-state index in [9.17, 15) is 4.79 Å². The van der Waals surface area contributed by atoms with E-state index in [2.05, 4.69) is 9.72 Å². The van der Waals surface area contributed by atoms with Crippen molar-refractivity contribution in [1.82, 2.24) is 4.98 Å². The van der Waals surface area contributed by atoms with Crippen molar-refractivity contribution >= 4 is 17.6 Å². The van der Waals surface area contributed by atoms with E-state index in [1.807, 2.05) is 0 Å². The summed E-state index contributed by atoms with van der Waals surface area (Å²) in [6, 6.07) is 1.65. The molecular formula is C11H12ClNO3. The fraction of sp³-hybridized carbons (Fsp3) is 0.273. The van der Waals surface area contributed by atoms with Gasteiger partial charge in [0.25, 0.3) is 0 Å². The van der Waals surface area contributed by atoms with Gasteiger partial charge in [-0.15, -0.1) is 0 Å². The molecular weight excluding hydrogens is 230 g/mol. The van der Waals surface area contributed by atoms with Gasteiger partial charge in [-0.1, -0.05) is 11.6 Å². The van der Waals surface area contributed by atoms with E-state index in [-0.39, 0.29) is 12.6 Å². The van der Waals surface area contributed by atoms with Crippen LogP contribution in [0.3, 0.4) is 0 Å². The van der Waals surface area contributed by atoms with Gasteiger partial charge in [0.05, 0.1) is 18.3 Å². The third-order valence-corrected chi connectivity index (χ3v) is 2.03. The largest absolute Gasteiger partial charge is 0.488 e. The molecule has 0 aliphatic heterocycles. The number of carbonyl (C=O) groups excluding carboxylic acids is 1. The van der Waals surface area contributed by atoms with Crippen LogP contribution in [-0.4, -0.2) is 24.7 Å². The van der Waals surface area contributed by atoms with Crippen LogP contribution >= 0.6 is 11.6 Å². The van der Waals surface area contributed by atoms with Crippen LogP contribution in [0.5, 0.6) is 5.75 Å². The molecule has 1 heterocycles. The second kappa shape index (κ2) is 6.12. The molecule has 0 saturated carbocycles. The second-order valence-electron chi connectivity index (χ2n) is 3.03. The van der Waals surface area contributed by atoms with E-state index >= 15 is 0 Å². The average Bonchev–Trinajstić information content (AvgIpc) is 2.28. The molecule has 0 aliphatic rings. The average molecular weight is 242 g/mol. The molecule has 1 aromatic rings. The zero-order valence-corrected chi connectivity index (χ0v) is 9.82. The quantitative estimate of drug-likeness (QED) is 0.599. The van der Waals surface area contributed by atoms with Crippen LogP contribution in [0.15, 0.2) is 30.1 Å². The molecule has 0 N–H and O–H groups in total. The molecule has 1 rings (SSSR count). The number of carbonyl (C=O) groups is 1. The highest BCUT2D eigenvalue weighted by Gasteiger charge is 2.02. The van der Waals surface area contributed by atoms with Crippen LogP contribution in [-0.2, 0) is 9.53 Å². The number of esters is 1. The van der Waals surface area contributed by atoms with Crippen LogP contribution in [0, 0.1) is 0 Å². The standard InChI is InChI=1S/C11H12ClNO3/c1-8(11(14)15-2)3-4-16-10-5-9(12)6-13-7-10/h3,5-7H,4H2,1-2H3. The number of hydrogen-bond donors (Lipinski definition) is 0. The highest BCUT2D eigenvalue weighted by molar-refractivity contribution is 6.30. The molecule has 16 heavy (non-hydrogen) atoms. The normalized spacial score (nSPS) is 11.1. The third kappa shape index (κ3) is 3.90. The summed E-state index contributed by atoms with van der Waals surface area (Å²) in [4.78, 5) is 14.9. The minimum Gasteiger partial charge on any atom is -0.488 e. The lowest BCUT2D eigenvalue weighted by Gasteiger charge is -2.03. The molecule has 0 unspecified atom stereocenters. The van der Waals surface area contributed by atoms with Crippen molar-refractivity contribution in [3.63, 3.8) is 0 Å². The summed E-state index contributed by atoms with van der Waals surface area (Å²) < 4.78 is 9.86. The van der Waals surface area contributed by atoms with Crippen molar-refractivity contribution in [3.8, 4) is 5.75 Å². The van der Waals surface area contributed by atoms with Gasteiger partial charge in [0.2, 0.25) is 0 Å². The Morgan fingerprint density at radius 3 is 2.94 bits per heavy atom. The topological polar surface area (TPSA) is 48.4 Å². The summed E-state index contributed by atoms with van der Waals surface area (Å²) in [5.41, 5.74) is 0.498. The maximum atomic E-state index is 11.0. The van der Waals surface area contributed by atoms with E-state index in [1.165, 1.54) is 13.3 Å². The first-order chi connectivity index (χ1) is 7.63. The van der Waals surface area contributed by atoms with Crippen LogP contribution in [0.25, 0.3) is 0 Å². The second-order valence-corrected chi connectivity index (χ2v) is 3.47. The predicted molar refractivity (Wildman–Crippen MR) is 60.5 cm³/mol. The maximum Gasteiger partial charge on any atom is 0.333 e. The van der Waals surface area contributed by atoms with Crippen molar-refractivity contribution in [2.75, 3.05) is 13.7 Å². The summed E-state index contributed by atoms with van der Waals surface area (Å²) in [6.07, 6.45) is 4.70. The van der Waals surface area contributed by atoms with Gasteiger partial charge in [0, 0.05) is 17.8 Å². The van der Waals surface area contributed by atoms with E-state index in [4.69, 9.17) is 16.3 Å². The number of hydrogen-bond acceptors (Lipinski definition) is 4. The van der Waals surface area contributed by atoms with Crippen LogP contribution < -0.4 is 4.74 Å². The summed E-state index contributed by atoms with van der Waals surface area (Å²) in [5.74, 6) is 0.189. The number of methoxy groups -OCH3 is 1. The minimum atomic E-state index is -0.368. The van der Waals surface area contributed by atoms with E-state index < -0.39 is 0 Å². The lowest BCUT2D eigenvalue weighted by molar-refractivity contribution is -0.136. The fourth-order valence-corrected chi connectivity index (χ4v) is 1.14. The summed E-state index contributed by atoms with van der Waals surface area (Å²) in [5, 5.41) is 0.506. The molecule has 0 radical (unpaired) electrons. The molecule has 0 saturated heterocycles. The number of pyridine rings is 1. The van der Waals surface area contributed by atoms with Gasteiger partial charge in [-0.2, -0.15) is 0 Å². The lowest BCUT2D eigenvalue weighted by atomic mass is 10.3. The van der Waals surface area contributed by atoms with Crippen molar-refractivity contribution < 1.29 is 14.3 Å². The SMILES string of the molecule is COC(=O)C(C)=CCOc1cncc(Cl)c1. The summed E-state index contributed by atoms with van der Waals surface area (Å²) in [7, 11) is 1.33. The molecule has 4 nitrogen and oxygen atoms in total. The number of rotatable bonds is 4. The smallest absolute Gasteiger partial charge is 0.333 e. The molecule has 0 amide bonds. The van der Waals surface area contributed by atoms with E-state index in [0.29, 0.717) is 16.3 Å². The van der Waals surface area contributed by atoms with Crippen LogP contribution in [0.1, 0.15) is 6.92 Å². The first kappa shape index (κ1) is 12.5. The van der Waals surface area contributed by atoms with Gasteiger partial charge in [0.15, 0.2) is 0 Å². The Balaban J connectivity index is 2.50. The number of nitrogens with zero attached hydrogens (tertiary/aromatic N) is 1. The molecule has 0 fully saturated rings. The number of aromatic nitrogens is 1. The predicted octanol–water partition coefficient (Wildman–Crippen LogP) is 2.23. The van der Waals surface area contributed by atoms with Gasteiger partial charge >= 0.3 is 5.97 Å². The monoisotopic (exact) mass is 241 g/mol. The van der Waals surface area contributed by atoms with Gasteiger partial charge in [-0.3, -0.25) is 4.98 Å². The number of halogens is 1. The first-order valence-corrected chi connectivity index (χ1v) is 4.99. The Morgan fingerprint density at radius 1 is 1.56 bits per heavy atom. The van der Waals surface area contributed by atoms with Crippen molar-refractivity contribution in [2.45, 2.75) is 6.92 Å². The summed E-state index contributed by atoms with van der Waals surface area (Å²) in [6.45, 7) is 1.92. The molecule has 0 aliphatic carbocycles. The zero-order chi connectivity index (χ0) is 12.0. The molecule has 5 heteroatoms. The fourth-order valence-electron chi connectivity index (χ4n) is 0.979. The Labute approximate surface area is 98.8 Å². The van der Waals surface area contributed by atoms with Crippen molar-refractivity contribution in [3.05, 3.63) is 35.1 Å². The zero-order valence-electron chi connectivity index (χ0n) is 9.07. The molecule has 86 valence electrons. The van der Waals surface area contributed by atoms with E-state index in [0.717, 1.165) is 0 Å². The van der Waals surface area contributed by atoms with Gasteiger partial charge in [-0.05, 0) is 13.0 Å². The maximum absolute atomic E-state index is 11.0. The number of ether oxygens (including phenoxy) is 2. The Hall–Kier alpha value is -1.55. The van der Waals surface area contributed by atoms with Crippen LogP contribution in [0.2, 0.25) is 5.02 Å². The van der Waals surface area contributed by atoms with Crippen molar-refractivity contribution in [2.24, 2.45) is 0 Å². The lowest BCUT2D eigenvalue weighted by Crippen LogP contribution is -2.04. The Bertz CT molecular complexity index is 404. The highest BCUT2D eigenvalue weighted by Crippen LogP contribution is 2.15. The van der Waals surface area contributed by atoms with Gasteiger partial charge < -0.3 is 9.47 Å². The molecule has 0 bridgehead atoms. The first-order valence-electron chi connectivity index (χ1n) is 4.62. The molecule has 1 aromatic heterocycles. The van der Waals surface area contributed by atoms with Crippen LogP contribution in [0.4, 0.5) is 0 Å². The molecule has 0 atom stereocenters. The Morgan fingerprint density at radius 2 is 2.31 bits per heavy atom. The van der Waals surface area contributed by atoms with Gasteiger partial charge in [-0.25, -0.2) is 4.79 Å². The molecule has 0 aromatic carbocycles. The van der Waals surface area contributed by atoms with Crippen molar-refractivity contribution in [1.29, 1.82) is 0 Å². The summed E-state index contributed by atoms with van der Waals surface area (Å²) >= 11 is 5.73. The highest BCUT2D eigenvalue weighted by atomic mass is 35.5. The van der Waals surface area contributed by atoms with Gasteiger partial charge in [0.1, 0.15) is 12.4 Å². The Kier molecular flexibility index (Phi) is 4.79. The molecule has 0 spiro atoms. The minimum absolute atomic E-state index is 0.267. The van der Waals surface area contributed by atoms with E-state index in [1.54, 1.807) is 25.3 Å².